The quantitative estimate of drug-likeness (QED) is 0.444. The maximum Gasteiger partial charge on any atom is 0.262 e. The molecule has 0 atom stereocenters. The zero-order chi connectivity index (χ0) is 20.9. The third-order valence-electron chi connectivity index (χ3n) is 4.46. The number of hydrogen-bond donors (Lipinski definition) is 1. The first-order chi connectivity index (χ1) is 14.6. The lowest BCUT2D eigenvalue weighted by molar-refractivity contribution is 0.102. The van der Waals surface area contributed by atoms with Crippen molar-refractivity contribution in [2.75, 3.05) is 5.32 Å². The van der Waals surface area contributed by atoms with Gasteiger partial charge in [0.1, 0.15) is 23.6 Å². The van der Waals surface area contributed by atoms with E-state index in [2.05, 4.69) is 15.5 Å². The predicted octanol–water partition coefficient (Wildman–Crippen LogP) is 5.53. The highest BCUT2D eigenvalue weighted by Gasteiger charge is 2.24. The van der Waals surface area contributed by atoms with Crippen LogP contribution in [0, 0.1) is 6.92 Å². The number of amides is 1. The molecule has 0 aliphatic heterocycles. The van der Waals surface area contributed by atoms with Crippen molar-refractivity contribution in [2.24, 2.45) is 0 Å². The Bertz CT molecular complexity index is 1180. The lowest BCUT2D eigenvalue weighted by Gasteiger charge is -2.12. The largest absolute Gasteiger partial charge is 0.485 e. The number of carbonyl (C=O) groups is 1. The Balaban J connectivity index is 1.59. The normalized spacial score (nSPS) is 10.6. The molecule has 0 radical (unpaired) electrons. The molecule has 4 aromatic rings. The molecule has 0 saturated heterocycles. The molecule has 0 fully saturated rings. The highest BCUT2D eigenvalue weighted by atomic mass is 35.5. The number of hydrogen-bond acceptors (Lipinski definition) is 5. The van der Waals surface area contributed by atoms with Gasteiger partial charge < -0.3 is 14.6 Å². The third-order valence-corrected chi connectivity index (χ3v) is 4.79. The maximum atomic E-state index is 13.1. The molecule has 2 aromatic heterocycles. The van der Waals surface area contributed by atoms with Gasteiger partial charge >= 0.3 is 0 Å². The summed E-state index contributed by atoms with van der Waals surface area (Å²) >= 11 is 6.28. The second-order valence-corrected chi connectivity index (χ2v) is 6.93. The summed E-state index contributed by atoms with van der Waals surface area (Å²) in [4.78, 5) is 17.3. The van der Waals surface area contributed by atoms with Gasteiger partial charge in [-0.05, 0) is 30.7 Å². The Morgan fingerprint density at radius 3 is 2.63 bits per heavy atom. The highest BCUT2D eigenvalue weighted by Crippen LogP contribution is 2.32. The van der Waals surface area contributed by atoms with E-state index in [9.17, 15) is 4.79 Å². The smallest absolute Gasteiger partial charge is 0.262 e. The standard InChI is InChI=1S/C23H18ClN3O3/c1-15-20(21(27-30-15)17-10-5-6-11-18(17)24)23(28)26-22-19(12-7-13-25-22)29-14-16-8-3-2-4-9-16/h2-13H,14H2,1H3,(H,25,26,28). The van der Waals surface area contributed by atoms with Crippen LogP contribution in [-0.2, 0) is 6.61 Å². The van der Waals surface area contributed by atoms with Crippen molar-refractivity contribution in [3.8, 4) is 17.0 Å². The zero-order valence-corrected chi connectivity index (χ0v) is 16.9. The van der Waals surface area contributed by atoms with E-state index in [1.807, 2.05) is 42.5 Å². The Morgan fingerprint density at radius 2 is 1.83 bits per heavy atom. The fourth-order valence-electron chi connectivity index (χ4n) is 2.98. The maximum absolute atomic E-state index is 13.1. The van der Waals surface area contributed by atoms with E-state index >= 15 is 0 Å². The Labute approximate surface area is 178 Å². The van der Waals surface area contributed by atoms with Crippen molar-refractivity contribution in [1.29, 1.82) is 0 Å². The molecule has 150 valence electrons. The summed E-state index contributed by atoms with van der Waals surface area (Å²) in [6, 6.07) is 20.4. The molecular weight excluding hydrogens is 402 g/mol. The highest BCUT2D eigenvalue weighted by molar-refractivity contribution is 6.33. The molecule has 1 amide bonds. The topological polar surface area (TPSA) is 77.3 Å². The number of aryl methyl sites for hydroxylation is 1. The van der Waals surface area contributed by atoms with Gasteiger partial charge in [-0.25, -0.2) is 4.98 Å². The molecule has 4 rings (SSSR count). The van der Waals surface area contributed by atoms with Gasteiger partial charge in [0.05, 0.1) is 5.02 Å². The predicted molar refractivity (Wildman–Crippen MR) is 115 cm³/mol. The van der Waals surface area contributed by atoms with Crippen LogP contribution in [0.2, 0.25) is 5.02 Å². The van der Waals surface area contributed by atoms with Crippen LogP contribution in [0.25, 0.3) is 11.3 Å². The minimum atomic E-state index is -0.410. The molecule has 30 heavy (non-hydrogen) atoms. The first-order valence-electron chi connectivity index (χ1n) is 9.27. The second kappa shape index (κ2) is 8.80. The average Bonchev–Trinajstić information content (AvgIpc) is 3.15. The summed E-state index contributed by atoms with van der Waals surface area (Å²) in [6.07, 6.45) is 1.58. The number of nitrogens with zero attached hydrogens (tertiary/aromatic N) is 2. The molecular formula is C23H18ClN3O3. The van der Waals surface area contributed by atoms with E-state index < -0.39 is 5.91 Å². The van der Waals surface area contributed by atoms with Crippen molar-refractivity contribution in [2.45, 2.75) is 13.5 Å². The number of ether oxygens (including phenoxy) is 1. The molecule has 0 saturated carbocycles. The van der Waals surface area contributed by atoms with E-state index in [1.54, 1.807) is 37.4 Å². The average molecular weight is 420 g/mol. The number of aromatic nitrogens is 2. The Hall–Kier alpha value is -3.64. The van der Waals surface area contributed by atoms with E-state index in [1.165, 1.54) is 0 Å². The number of anilines is 1. The summed E-state index contributed by atoms with van der Waals surface area (Å²) in [7, 11) is 0. The number of pyridine rings is 1. The molecule has 2 heterocycles. The van der Waals surface area contributed by atoms with Gasteiger partial charge in [-0.3, -0.25) is 4.79 Å². The van der Waals surface area contributed by atoms with Crippen molar-refractivity contribution in [3.63, 3.8) is 0 Å². The summed E-state index contributed by atoms with van der Waals surface area (Å²) in [6.45, 7) is 2.03. The second-order valence-electron chi connectivity index (χ2n) is 6.52. The van der Waals surface area contributed by atoms with Gasteiger partial charge in [-0.1, -0.05) is 65.3 Å². The molecule has 0 aliphatic carbocycles. The molecule has 0 unspecified atom stereocenters. The van der Waals surface area contributed by atoms with E-state index in [4.69, 9.17) is 20.9 Å². The minimum absolute atomic E-state index is 0.294. The van der Waals surface area contributed by atoms with Crippen molar-refractivity contribution in [1.82, 2.24) is 10.1 Å². The van der Waals surface area contributed by atoms with Crippen LogP contribution < -0.4 is 10.1 Å². The van der Waals surface area contributed by atoms with Gasteiger partial charge in [-0.15, -0.1) is 0 Å². The van der Waals surface area contributed by atoms with Crippen LogP contribution in [0.3, 0.4) is 0 Å². The van der Waals surface area contributed by atoms with Gasteiger partial charge in [0.15, 0.2) is 11.6 Å². The van der Waals surface area contributed by atoms with Gasteiger partial charge in [0.2, 0.25) is 0 Å². The van der Waals surface area contributed by atoms with Gasteiger partial charge in [-0.2, -0.15) is 0 Å². The third kappa shape index (κ3) is 4.18. The van der Waals surface area contributed by atoms with Crippen LogP contribution in [0.1, 0.15) is 21.7 Å². The lowest BCUT2D eigenvalue weighted by Crippen LogP contribution is -2.15. The monoisotopic (exact) mass is 419 g/mol. The van der Waals surface area contributed by atoms with Crippen LogP contribution in [0.5, 0.6) is 5.75 Å². The molecule has 2 aromatic carbocycles. The number of halogens is 1. The lowest BCUT2D eigenvalue weighted by atomic mass is 10.1. The summed E-state index contributed by atoms with van der Waals surface area (Å²) < 4.78 is 11.1. The van der Waals surface area contributed by atoms with Crippen molar-refractivity contribution in [3.05, 3.63) is 94.8 Å². The van der Waals surface area contributed by atoms with E-state index in [-0.39, 0.29) is 0 Å². The fraction of sp³-hybridized carbons (Fsp3) is 0.0870. The SMILES string of the molecule is Cc1onc(-c2ccccc2Cl)c1C(=O)Nc1ncccc1OCc1ccccc1. The minimum Gasteiger partial charge on any atom is -0.485 e. The van der Waals surface area contributed by atoms with Crippen LogP contribution in [0.15, 0.2) is 77.4 Å². The number of nitrogens with one attached hydrogen (secondary N) is 1. The van der Waals surface area contributed by atoms with Crippen molar-refractivity contribution < 1.29 is 14.1 Å². The Morgan fingerprint density at radius 1 is 1.07 bits per heavy atom. The molecule has 7 heteroatoms. The fourth-order valence-corrected chi connectivity index (χ4v) is 3.21. The summed E-state index contributed by atoms with van der Waals surface area (Å²) in [5.74, 6) is 0.740. The van der Waals surface area contributed by atoms with Gasteiger partial charge in [0, 0.05) is 11.8 Å². The first kappa shape index (κ1) is 19.7. The van der Waals surface area contributed by atoms with E-state index in [0.717, 1.165) is 5.56 Å². The van der Waals surface area contributed by atoms with E-state index in [0.29, 0.717) is 45.8 Å². The number of carbonyl (C=O) groups excluding carboxylic acids is 1. The van der Waals surface area contributed by atoms with Crippen molar-refractivity contribution >= 4 is 23.3 Å². The molecule has 6 nitrogen and oxygen atoms in total. The zero-order valence-electron chi connectivity index (χ0n) is 16.1. The molecule has 0 bridgehead atoms. The summed E-state index contributed by atoms with van der Waals surface area (Å²) in [5, 5.41) is 7.31. The first-order valence-corrected chi connectivity index (χ1v) is 9.65. The molecule has 0 aliphatic rings. The van der Waals surface area contributed by atoms with Crippen LogP contribution in [-0.4, -0.2) is 16.0 Å². The Kier molecular flexibility index (Phi) is 5.77. The number of benzene rings is 2. The summed E-state index contributed by atoms with van der Waals surface area (Å²) in [5.41, 5.74) is 2.29. The van der Waals surface area contributed by atoms with Crippen LogP contribution in [0.4, 0.5) is 5.82 Å². The molecule has 0 spiro atoms. The van der Waals surface area contributed by atoms with Crippen LogP contribution >= 0.6 is 11.6 Å². The van der Waals surface area contributed by atoms with Gasteiger partial charge in [0.25, 0.3) is 5.91 Å². The number of rotatable bonds is 6. The molecule has 1 N–H and O–H groups in total.